The summed E-state index contributed by atoms with van der Waals surface area (Å²) in [5.41, 5.74) is 3.66. The average Bonchev–Trinajstić information content (AvgIpc) is 2.68. The van der Waals surface area contributed by atoms with Gasteiger partial charge in [0.1, 0.15) is 11.6 Å². The number of hydroxylamine groups is 1. The van der Waals surface area contributed by atoms with Gasteiger partial charge in [0.15, 0.2) is 5.82 Å². The molecule has 3 aromatic heterocycles. The Morgan fingerprint density at radius 1 is 1.07 bits per heavy atom. The molecule has 150 valence electrons. The van der Waals surface area contributed by atoms with Gasteiger partial charge in [-0.2, -0.15) is 4.39 Å². The van der Waals surface area contributed by atoms with Gasteiger partial charge in [0.2, 0.25) is 5.95 Å². The summed E-state index contributed by atoms with van der Waals surface area (Å²) in [5, 5.41) is 6.12. The molecule has 9 nitrogen and oxygen atoms in total. The van der Waals surface area contributed by atoms with E-state index in [1.54, 1.807) is 24.4 Å². The highest BCUT2D eigenvalue weighted by Crippen LogP contribution is 2.29. The van der Waals surface area contributed by atoms with Crippen LogP contribution in [0.1, 0.15) is 10.4 Å². The van der Waals surface area contributed by atoms with E-state index in [1.807, 2.05) is 25.1 Å². The minimum atomic E-state index is -0.615. The summed E-state index contributed by atoms with van der Waals surface area (Å²) in [5.74, 6) is 0.245. The minimum absolute atomic E-state index is 0.248. The smallest absolute Gasteiger partial charge is 0.278 e. The van der Waals surface area contributed by atoms with Gasteiger partial charge < -0.3 is 15.5 Å². The number of pyridine rings is 3. The van der Waals surface area contributed by atoms with Gasteiger partial charge in [-0.1, -0.05) is 6.07 Å². The predicted molar refractivity (Wildman–Crippen MR) is 108 cm³/mol. The first kappa shape index (κ1) is 20.0. The van der Waals surface area contributed by atoms with Crippen molar-refractivity contribution in [3.63, 3.8) is 0 Å². The summed E-state index contributed by atoms with van der Waals surface area (Å²) < 4.78 is 13.3. The fourth-order valence-electron chi connectivity index (χ4n) is 2.56. The van der Waals surface area contributed by atoms with Crippen molar-refractivity contribution in [3.05, 3.63) is 60.3 Å². The lowest BCUT2D eigenvalue weighted by Crippen LogP contribution is -2.23. The van der Waals surface area contributed by atoms with Gasteiger partial charge in [0.25, 0.3) is 5.91 Å². The maximum absolute atomic E-state index is 13.3. The molecule has 3 aromatic rings. The molecule has 0 aliphatic heterocycles. The fraction of sp³-hybridized carbons (Fsp3) is 0.158. The molecule has 3 rings (SSSR count). The molecule has 0 radical (unpaired) electrons. The van der Waals surface area contributed by atoms with Crippen molar-refractivity contribution in [1.29, 1.82) is 0 Å². The molecule has 3 N–H and O–H groups in total. The Hall–Kier alpha value is -3.79. The summed E-state index contributed by atoms with van der Waals surface area (Å²) >= 11 is 0. The van der Waals surface area contributed by atoms with Gasteiger partial charge in [-0.25, -0.2) is 20.4 Å². The van der Waals surface area contributed by atoms with Crippen molar-refractivity contribution in [1.82, 2.24) is 20.4 Å². The van der Waals surface area contributed by atoms with Gasteiger partial charge in [-0.3, -0.25) is 9.63 Å². The predicted octanol–water partition coefficient (Wildman–Crippen LogP) is 2.86. The Labute approximate surface area is 166 Å². The molecule has 0 fully saturated rings. The molecule has 0 unspecified atom stereocenters. The molecule has 0 saturated heterocycles. The van der Waals surface area contributed by atoms with Crippen molar-refractivity contribution < 1.29 is 14.0 Å². The molecule has 0 saturated carbocycles. The molecule has 1 amide bonds. The van der Waals surface area contributed by atoms with Crippen LogP contribution in [0.3, 0.4) is 0 Å². The summed E-state index contributed by atoms with van der Waals surface area (Å²) in [6, 6.07) is 9.61. The lowest BCUT2D eigenvalue weighted by Gasteiger charge is -2.18. The maximum atomic E-state index is 13.3. The number of hydrogen-bond donors (Lipinski definition) is 3. The molecular formula is C19H20FN7O2. The standard InChI is InChI=1S/C19H20FN7O2/c1-27(2)18-13(6-5-9-21-18)23-14-10-17(22-11-12(14)19(28)26-29-3)25-16-8-4-7-15(20)24-16/h4-11H,1-3H3,(H,26,28)(H2,22,23,24,25). The number of carbonyl (C=O) groups is 1. The van der Waals surface area contributed by atoms with Gasteiger partial charge >= 0.3 is 0 Å². The Morgan fingerprint density at radius 3 is 2.62 bits per heavy atom. The third-order valence-corrected chi connectivity index (χ3v) is 3.79. The quantitative estimate of drug-likeness (QED) is 0.413. The minimum Gasteiger partial charge on any atom is -0.361 e. The van der Waals surface area contributed by atoms with E-state index < -0.39 is 11.9 Å². The van der Waals surface area contributed by atoms with E-state index in [9.17, 15) is 9.18 Å². The second kappa shape index (κ2) is 8.93. The highest BCUT2D eigenvalue weighted by atomic mass is 19.1. The summed E-state index contributed by atoms with van der Waals surface area (Å²) in [6.07, 6.45) is 3.05. The van der Waals surface area contributed by atoms with E-state index in [-0.39, 0.29) is 11.4 Å². The highest BCUT2D eigenvalue weighted by Gasteiger charge is 2.16. The largest absolute Gasteiger partial charge is 0.361 e. The van der Waals surface area contributed by atoms with Crippen LogP contribution in [-0.4, -0.2) is 42.1 Å². The number of nitrogens with one attached hydrogen (secondary N) is 3. The monoisotopic (exact) mass is 397 g/mol. The third kappa shape index (κ3) is 4.93. The molecule has 0 bridgehead atoms. The van der Waals surface area contributed by atoms with Crippen molar-refractivity contribution in [3.8, 4) is 0 Å². The molecule has 0 aromatic carbocycles. The van der Waals surface area contributed by atoms with E-state index >= 15 is 0 Å². The second-order valence-electron chi connectivity index (χ2n) is 6.11. The van der Waals surface area contributed by atoms with Gasteiger partial charge in [-0.15, -0.1) is 0 Å². The van der Waals surface area contributed by atoms with E-state index in [4.69, 9.17) is 4.84 Å². The second-order valence-corrected chi connectivity index (χ2v) is 6.11. The van der Waals surface area contributed by atoms with Crippen LogP contribution >= 0.6 is 0 Å². The number of hydrogen-bond acceptors (Lipinski definition) is 8. The zero-order valence-electron chi connectivity index (χ0n) is 16.1. The Balaban J connectivity index is 1.98. The van der Waals surface area contributed by atoms with Crippen LogP contribution in [0, 0.1) is 5.95 Å². The molecule has 10 heteroatoms. The first-order chi connectivity index (χ1) is 14.0. The summed E-state index contributed by atoms with van der Waals surface area (Å²) in [6.45, 7) is 0. The van der Waals surface area contributed by atoms with E-state index in [0.29, 0.717) is 23.0 Å². The van der Waals surface area contributed by atoms with Crippen LogP contribution in [0.2, 0.25) is 0 Å². The normalized spacial score (nSPS) is 10.3. The van der Waals surface area contributed by atoms with Crippen molar-refractivity contribution in [2.24, 2.45) is 0 Å². The highest BCUT2D eigenvalue weighted by molar-refractivity contribution is 6.00. The van der Waals surface area contributed by atoms with Crippen LogP contribution in [0.25, 0.3) is 0 Å². The fourth-order valence-corrected chi connectivity index (χ4v) is 2.56. The molecule has 0 aliphatic rings. The van der Waals surface area contributed by atoms with Crippen LogP contribution in [0.5, 0.6) is 0 Å². The molecular weight excluding hydrogens is 377 g/mol. The van der Waals surface area contributed by atoms with Crippen molar-refractivity contribution in [2.75, 3.05) is 36.7 Å². The Bertz CT molecular complexity index is 1010. The lowest BCUT2D eigenvalue weighted by molar-refractivity contribution is 0.0538. The van der Waals surface area contributed by atoms with E-state index in [0.717, 1.165) is 0 Å². The van der Waals surface area contributed by atoms with Crippen LogP contribution in [-0.2, 0) is 4.84 Å². The van der Waals surface area contributed by atoms with Gasteiger partial charge in [0, 0.05) is 32.6 Å². The number of rotatable bonds is 7. The van der Waals surface area contributed by atoms with Crippen molar-refractivity contribution >= 4 is 34.7 Å². The molecule has 3 heterocycles. The third-order valence-electron chi connectivity index (χ3n) is 3.79. The zero-order valence-corrected chi connectivity index (χ0v) is 16.1. The molecule has 0 aliphatic carbocycles. The molecule has 29 heavy (non-hydrogen) atoms. The lowest BCUT2D eigenvalue weighted by atomic mass is 10.2. The molecule has 0 atom stereocenters. The molecule has 0 spiro atoms. The Kier molecular flexibility index (Phi) is 6.15. The topological polar surface area (TPSA) is 104 Å². The number of carbonyl (C=O) groups excluding carboxylic acids is 1. The first-order valence-corrected chi connectivity index (χ1v) is 8.60. The number of halogens is 1. The van der Waals surface area contributed by atoms with Crippen molar-refractivity contribution in [2.45, 2.75) is 0 Å². The van der Waals surface area contributed by atoms with Crippen LogP contribution < -0.4 is 21.0 Å². The van der Waals surface area contributed by atoms with Crippen LogP contribution in [0.4, 0.5) is 33.2 Å². The van der Waals surface area contributed by atoms with Crippen LogP contribution in [0.15, 0.2) is 48.8 Å². The number of aromatic nitrogens is 3. The maximum Gasteiger partial charge on any atom is 0.278 e. The zero-order chi connectivity index (χ0) is 20.8. The Morgan fingerprint density at radius 2 is 1.90 bits per heavy atom. The number of nitrogens with zero attached hydrogens (tertiary/aromatic N) is 4. The number of amides is 1. The number of anilines is 5. The summed E-state index contributed by atoms with van der Waals surface area (Å²) in [4.78, 5) is 31.2. The van der Waals surface area contributed by atoms with Gasteiger partial charge in [-0.05, 0) is 24.3 Å². The average molecular weight is 397 g/mol. The summed E-state index contributed by atoms with van der Waals surface area (Å²) in [7, 11) is 5.07. The van der Waals surface area contributed by atoms with Gasteiger partial charge in [0.05, 0.1) is 24.0 Å². The van der Waals surface area contributed by atoms with E-state index in [1.165, 1.54) is 25.4 Å². The van der Waals surface area contributed by atoms with E-state index in [2.05, 4.69) is 31.1 Å². The SMILES string of the molecule is CONC(=O)c1cnc(Nc2cccc(F)n2)cc1Nc1cccnc1N(C)C. The first-order valence-electron chi connectivity index (χ1n) is 8.60.